The fourth-order valence-corrected chi connectivity index (χ4v) is 4.98. The molecule has 38 heavy (non-hydrogen) atoms. The van der Waals surface area contributed by atoms with Crippen LogP contribution in [0.4, 0.5) is 5.82 Å². The first kappa shape index (κ1) is 25.9. The Kier molecular flexibility index (Phi) is 7.45. The summed E-state index contributed by atoms with van der Waals surface area (Å²) in [6.07, 6.45) is 3.73. The maximum absolute atomic E-state index is 13.4. The highest BCUT2D eigenvalue weighted by Gasteiger charge is 2.26. The first-order chi connectivity index (χ1) is 18.3. The lowest BCUT2D eigenvalue weighted by atomic mass is 9.86. The fourth-order valence-electron chi connectivity index (χ4n) is 4.98. The Labute approximate surface area is 224 Å². The fraction of sp³-hybridized carbons (Fsp3) is 0.419. The van der Waals surface area contributed by atoms with Gasteiger partial charge in [0.15, 0.2) is 0 Å². The third kappa shape index (κ3) is 5.42. The number of carbonyl (C=O) groups is 1. The number of rotatable bonds is 6. The van der Waals surface area contributed by atoms with Gasteiger partial charge in [-0.2, -0.15) is 4.98 Å². The summed E-state index contributed by atoms with van der Waals surface area (Å²) in [5, 5.41) is 5.25. The van der Waals surface area contributed by atoms with Gasteiger partial charge in [-0.3, -0.25) is 4.79 Å². The second-order valence-corrected chi connectivity index (χ2v) is 11.1. The zero-order valence-electron chi connectivity index (χ0n) is 22.9. The molecule has 0 aliphatic carbocycles. The molecule has 5 rings (SSSR count). The van der Waals surface area contributed by atoms with E-state index >= 15 is 0 Å². The number of aryl methyl sites for hydroxylation is 1. The van der Waals surface area contributed by atoms with E-state index in [1.54, 1.807) is 0 Å². The lowest BCUT2D eigenvalue weighted by molar-refractivity contribution is 0.0767. The Bertz CT molecular complexity index is 1390. The Morgan fingerprint density at radius 2 is 1.71 bits per heavy atom. The molecule has 2 aromatic carbocycles. The molecule has 1 aliphatic heterocycles. The minimum absolute atomic E-state index is 0.0596. The lowest BCUT2D eigenvalue weighted by Crippen LogP contribution is -2.35. The van der Waals surface area contributed by atoms with Gasteiger partial charge in [-0.25, -0.2) is 4.98 Å². The number of hydrogen-bond acceptors (Lipinski definition) is 6. The predicted molar refractivity (Wildman–Crippen MR) is 152 cm³/mol. The van der Waals surface area contributed by atoms with Crippen molar-refractivity contribution in [1.82, 2.24) is 20.0 Å². The molecule has 0 N–H and O–H groups in total. The Morgan fingerprint density at radius 3 is 2.42 bits per heavy atom. The van der Waals surface area contributed by atoms with Crippen molar-refractivity contribution in [1.29, 1.82) is 0 Å². The molecular formula is C31H37N5O2. The summed E-state index contributed by atoms with van der Waals surface area (Å²) in [5.41, 5.74) is 4.28. The van der Waals surface area contributed by atoms with Crippen molar-refractivity contribution >= 4 is 22.8 Å². The van der Waals surface area contributed by atoms with Crippen LogP contribution < -0.4 is 4.90 Å². The van der Waals surface area contributed by atoms with Gasteiger partial charge < -0.3 is 14.3 Å². The number of unbranched alkanes of at least 4 members (excludes halogenated alkanes) is 1. The highest BCUT2D eigenvalue weighted by molar-refractivity contribution is 5.98. The summed E-state index contributed by atoms with van der Waals surface area (Å²) < 4.78 is 5.75. The van der Waals surface area contributed by atoms with Gasteiger partial charge >= 0.3 is 0 Å². The quantitative estimate of drug-likeness (QED) is 0.303. The summed E-state index contributed by atoms with van der Waals surface area (Å²) in [4.78, 5) is 27.4. The smallest absolute Gasteiger partial charge is 0.263 e. The van der Waals surface area contributed by atoms with Crippen LogP contribution in [0.5, 0.6) is 0 Å². The third-order valence-corrected chi connectivity index (χ3v) is 7.24. The number of fused-ring (bicyclic) bond motifs is 1. The average Bonchev–Trinajstić information content (AvgIpc) is 3.20. The van der Waals surface area contributed by atoms with Gasteiger partial charge in [0.1, 0.15) is 22.7 Å². The molecule has 2 aromatic heterocycles. The molecule has 198 valence electrons. The molecule has 1 saturated heterocycles. The van der Waals surface area contributed by atoms with Crippen LogP contribution in [0.1, 0.15) is 68.7 Å². The molecule has 4 aromatic rings. The van der Waals surface area contributed by atoms with Gasteiger partial charge in [-0.1, -0.05) is 81.7 Å². The van der Waals surface area contributed by atoms with Gasteiger partial charge in [0.25, 0.3) is 11.6 Å². The summed E-state index contributed by atoms with van der Waals surface area (Å²) in [6.45, 7) is 11.5. The zero-order valence-corrected chi connectivity index (χ0v) is 22.9. The molecule has 1 amide bonds. The Balaban J connectivity index is 1.42. The molecule has 0 saturated carbocycles. The molecular weight excluding hydrogens is 474 g/mol. The summed E-state index contributed by atoms with van der Waals surface area (Å²) in [5.74, 6) is 1.71. The van der Waals surface area contributed by atoms with Crippen LogP contribution in [-0.2, 0) is 11.8 Å². The van der Waals surface area contributed by atoms with E-state index < -0.39 is 0 Å². The monoisotopic (exact) mass is 511 g/mol. The standard InChI is InChI=1S/C31H37N5O2/c1-5-6-13-25-32-28(26-27(34-38-29(26)33-25)22-11-8-7-9-12-22)35-18-10-19-36(21-20-35)30(37)23-14-16-24(17-15-23)31(2,3)4/h7-9,11-12,14-17H,5-6,10,13,18-21H2,1-4H3. The Morgan fingerprint density at radius 1 is 0.947 bits per heavy atom. The highest BCUT2D eigenvalue weighted by atomic mass is 16.5. The highest BCUT2D eigenvalue weighted by Crippen LogP contribution is 2.34. The largest absolute Gasteiger partial charge is 0.354 e. The van der Waals surface area contributed by atoms with Gasteiger partial charge in [0.2, 0.25) is 0 Å². The van der Waals surface area contributed by atoms with Crippen molar-refractivity contribution < 1.29 is 9.32 Å². The van der Waals surface area contributed by atoms with Gasteiger partial charge in [0, 0.05) is 43.7 Å². The van der Waals surface area contributed by atoms with Gasteiger partial charge in [-0.15, -0.1) is 0 Å². The molecule has 0 spiro atoms. The van der Waals surface area contributed by atoms with Crippen LogP contribution in [-0.4, -0.2) is 52.1 Å². The number of amides is 1. The zero-order chi connectivity index (χ0) is 26.7. The molecule has 0 atom stereocenters. The van der Waals surface area contributed by atoms with E-state index in [1.165, 1.54) is 5.56 Å². The minimum Gasteiger partial charge on any atom is -0.354 e. The van der Waals surface area contributed by atoms with E-state index in [0.29, 0.717) is 25.3 Å². The van der Waals surface area contributed by atoms with Crippen molar-refractivity contribution in [3.8, 4) is 11.3 Å². The summed E-state index contributed by atoms with van der Waals surface area (Å²) >= 11 is 0. The molecule has 0 unspecified atom stereocenters. The number of benzene rings is 2. The molecule has 7 nitrogen and oxygen atoms in total. The lowest BCUT2D eigenvalue weighted by Gasteiger charge is -2.24. The van der Waals surface area contributed by atoms with Crippen LogP contribution in [0.2, 0.25) is 0 Å². The number of anilines is 1. The van der Waals surface area contributed by atoms with E-state index in [0.717, 1.165) is 66.1 Å². The van der Waals surface area contributed by atoms with Crippen LogP contribution >= 0.6 is 0 Å². The van der Waals surface area contributed by atoms with E-state index in [4.69, 9.17) is 14.5 Å². The van der Waals surface area contributed by atoms with E-state index in [2.05, 4.69) is 49.9 Å². The molecule has 1 aliphatic rings. The minimum atomic E-state index is 0.0596. The van der Waals surface area contributed by atoms with Crippen LogP contribution in [0.3, 0.4) is 0 Å². The maximum atomic E-state index is 13.4. The SMILES string of the molecule is CCCCc1nc(N2CCCN(C(=O)c3ccc(C(C)(C)C)cc3)CC2)c2c(-c3ccccc3)noc2n1. The van der Waals surface area contributed by atoms with Crippen molar-refractivity contribution in [2.45, 2.75) is 58.8 Å². The van der Waals surface area contributed by atoms with Gasteiger partial charge in [0.05, 0.1) is 0 Å². The molecule has 7 heteroatoms. The average molecular weight is 512 g/mol. The van der Waals surface area contributed by atoms with Crippen LogP contribution in [0, 0.1) is 0 Å². The van der Waals surface area contributed by atoms with Crippen molar-refractivity contribution in [3.05, 3.63) is 71.5 Å². The number of hydrogen-bond donors (Lipinski definition) is 0. The number of nitrogens with zero attached hydrogens (tertiary/aromatic N) is 5. The summed E-state index contributed by atoms with van der Waals surface area (Å²) in [7, 11) is 0. The predicted octanol–water partition coefficient (Wildman–Crippen LogP) is 6.28. The molecule has 3 heterocycles. The second kappa shape index (κ2) is 10.9. The first-order valence-corrected chi connectivity index (χ1v) is 13.7. The van der Waals surface area contributed by atoms with E-state index in [9.17, 15) is 4.79 Å². The van der Waals surface area contributed by atoms with Crippen molar-refractivity contribution in [3.63, 3.8) is 0 Å². The number of aromatic nitrogens is 3. The molecule has 0 bridgehead atoms. The first-order valence-electron chi connectivity index (χ1n) is 13.7. The normalized spacial score (nSPS) is 14.6. The molecule has 0 radical (unpaired) electrons. The second-order valence-electron chi connectivity index (χ2n) is 11.1. The van der Waals surface area contributed by atoms with Crippen LogP contribution in [0.25, 0.3) is 22.4 Å². The number of carbonyl (C=O) groups excluding carboxylic acids is 1. The summed E-state index contributed by atoms with van der Waals surface area (Å²) in [6, 6.07) is 18.1. The van der Waals surface area contributed by atoms with Gasteiger partial charge in [-0.05, 0) is 36.0 Å². The van der Waals surface area contributed by atoms with E-state index in [1.807, 2.05) is 47.4 Å². The van der Waals surface area contributed by atoms with Crippen LogP contribution in [0.15, 0.2) is 59.1 Å². The van der Waals surface area contributed by atoms with Crippen molar-refractivity contribution in [2.75, 3.05) is 31.1 Å². The maximum Gasteiger partial charge on any atom is 0.263 e. The van der Waals surface area contributed by atoms with Crippen molar-refractivity contribution in [2.24, 2.45) is 0 Å². The Hall–Kier alpha value is -3.74. The molecule has 1 fully saturated rings. The third-order valence-electron chi connectivity index (χ3n) is 7.24. The van der Waals surface area contributed by atoms with E-state index in [-0.39, 0.29) is 11.3 Å². The topological polar surface area (TPSA) is 75.4 Å².